The Morgan fingerprint density at radius 1 is 1.32 bits per heavy atom. The van der Waals surface area contributed by atoms with Crippen molar-refractivity contribution in [3.05, 3.63) is 36.2 Å². The second-order valence-corrected chi connectivity index (χ2v) is 3.92. The number of benzene rings is 1. The third kappa shape index (κ3) is 2.85. The van der Waals surface area contributed by atoms with Crippen molar-refractivity contribution in [2.24, 2.45) is 7.05 Å². The van der Waals surface area contributed by atoms with Crippen LogP contribution in [0, 0.1) is 0 Å². The molecular formula is C13H15N3O3. The van der Waals surface area contributed by atoms with Crippen molar-refractivity contribution in [1.29, 1.82) is 0 Å². The number of carbonyl (C=O) groups is 1. The highest BCUT2D eigenvalue weighted by Gasteiger charge is 2.14. The van der Waals surface area contributed by atoms with Crippen LogP contribution in [0.5, 0.6) is 11.5 Å². The summed E-state index contributed by atoms with van der Waals surface area (Å²) < 4.78 is 11.9. The molecule has 0 saturated carbocycles. The molecule has 0 spiro atoms. The maximum Gasteiger partial charge on any atom is 0.259 e. The third-order valence-corrected chi connectivity index (χ3v) is 2.62. The van der Waals surface area contributed by atoms with Crippen LogP contribution < -0.4 is 14.8 Å². The Balaban J connectivity index is 2.23. The summed E-state index contributed by atoms with van der Waals surface area (Å²) in [6.07, 6.45) is 3.29. The van der Waals surface area contributed by atoms with Gasteiger partial charge < -0.3 is 14.8 Å². The van der Waals surface area contributed by atoms with Gasteiger partial charge in [-0.05, 0) is 12.1 Å². The number of nitrogens with zero attached hydrogens (tertiary/aromatic N) is 2. The van der Waals surface area contributed by atoms with Crippen molar-refractivity contribution < 1.29 is 14.3 Å². The van der Waals surface area contributed by atoms with Gasteiger partial charge in [-0.1, -0.05) is 0 Å². The smallest absolute Gasteiger partial charge is 0.259 e. The van der Waals surface area contributed by atoms with Gasteiger partial charge in [0.25, 0.3) is 5.91 Å². The molecule has 2 rings (SSSR count). The molecule has 100 valence electrons. The molecule has 1 N–H and O–H groups in total. The zero-order valence-electron chi connectivity index (χ0n) is 11.0. The van der Waals surface area contributed by atoms with Crippen LogP contribution in [-0.2, 0) is 7.05 Å². The summed E-state index contributed by atoms with van der Waals surface area (Å²) in [5.74, 6) is 0.836. The number of aryl methyl sites for hydroxylation is 1. The zero-order valence-corrected chi connectivity index (χ0v) is 11.0. The summed E-state index contributed by atoms with van der Waals surface area (Å²) >= 11 is 0. The van der Waals surface area contributed by atoms with Gasteiger partial charge in [-0.15, -0.1) is 0 Å². The number of rotatable bonds is 4. The molecule has 1 amide bonds. The first kappa shape index (κ1) is 12.9. The Bertz CT molecular complexity index is 593. The van der Waals surface area contributed by atoms with Crippen LogP contribution in [0.25, 0.3) is 0 Å². The minimum atomic E-state index is -0.257. The minimum absolute atomic E-state index is 0.257. The predicted molar refractivity (Wildman–Crippen MR) is 70.7 cm³/mol. The van der Waals surface area contributed by atoms with Crippen LogP contribution >= 0.6 is 0 Å². The van der Waals surface area contributed by atoms with Gasteiger partial charge in [0.2, 0.25) is 0 Å². The first-order chi connectivity index (χ1) is 9.13. The van der Waals surface area contributed by atoms with Gasteiger partial charge in [-0.2, -0.15) is 5.10 Å². The fourth-order valence-electron chi connectivity index (χ4n) is 1.67. The maximum absolute atomic E-state index is 12.1. The van der Waals surface area contributed by atoms with Crippen molar-refractivity contribution in [3.8, 4) is 11.5 Å². The van der Waals surface area contributed by atoms with Crippen LogP contribution in [0.4, 0.5) is 5.69 Å². The lowest BCUT2D eigenvalue weighted by Crippen LogP contribution is -2.12. The Hall–Kier alpha value is -2.50. The van der Waals surface area contributed by atoms with Gasteiger partial charge in [0, 0.05) is 19.3 Å². The molecule has 6 nitrogen and oxygen atoms in total. The number of anilines is 1. The molecule has 0 unspecified atom stereocenters. The molecule has 2 aromatic rings. The van der Waals surface area contributed by atoms with E-state index in [0.29, 0.717) is 22.7 Å². The molecule has 6 heteroatoms. The van der Waals surface area contributed by atoms with E-state index in [1.54, 1.807) is 49.4 Å². The Labute approximate surface area is 110 Å². The number of aromatic nitrogens is 2. The molecule has 0 aliphatic heterocycles. The van der Waals surface area contributed by atoms with Gasteiger partial charge in [0.05, 0.1) is 31.7 Å². The quantitative estimate of drug-likeness (QED) is 0.909. The highest BCUT2D eigenvalue weighted by molar-refractivity contribution is 6.06. The molecule has 0 aliphatic rings. The molecule has 0 fully saturated rings. The van der Waals surface area contributed by atoms with E-state index in [2.05, 4.69) is 10.4 Å². The largest absolute Gasteiger partial charge is 0.497 e. The normalized spacial score (nSPS) is 10.1. The van der Waals surface area contributed by atoms with Crippen LogP contribution in [0.2, 0.25) is 0 Å². The molecule has 0 bridgehead atoms. The molecule has 0 atom stereocenters. The number of methoxy groups -OCH3 is 2. The van der Waals surface area contributed by atoms with E-state index < -0.39 is 0 Å². The van der Waals surface area contributed by atoms with E-state index in [0.717, 1.165) is 0 Å². The van der Waals surface area contributed by atoms with E-state index in [1.165, 1.54) is 7.11 Å². The summed E-state index contributed by atoms with van der Waals surface area (Å²) in [6.45, 7) is 0. The van der Waals surface area contributed by atoms with Gasteiger partial charge in [0.15, 0.2) is 0 Å². The van der Waals surface area contributed by atoms with E-state index in [9.17, 15) is 4.79 Å². The van der Waals surface area contributed by atoms with Crippen molar-refractivity contribution in [2.45, 2.75) is 0 Å². The lowest BCUT2D eigenvalue weighted by atomic mass is 10.1. The fraction of sp³-hybridized carbons (Fsp3) is 0.231. The van der Waals surface area contributed by atoms with Crippen molar-refractivity contribution in [2.75, 3.05) is 19.5 Å². The first-order valence-electron chi connectivity index (χ1n) is 5.66. The van der Waals surface area contributed by atoms with Gasteiger partial charge in [0.1, 0.15) is 11.5 Å². The van der Waals surface area contributed by atoms with E-state index in [4.69, 9.17) is 9.47 Å². The van der Waals surface area contributed by atoms with Crippen molar-refractivity contribution in [3.63, 3.8) is 0 Å². The Morgan fingerprint density at radius 2 is 2.11 bits per heavy atom. The van der Waals surface area contributed by atoms with Crippen LogP contribution in [0.3, 0.4) is 0 Å². The number of nitrogens with one attached hydrogen (secondary N) is 1. The van der Waals surface area contributed by atoms with Crippen molar-refractivity contribution >= 4 is 11.6 Å². The summed E-state index contributed by atoms with van der Waals surface area (Å²) in [5.41, 5.74) is 1.07. The first-order valence-corrected chi connectivity index (χ1v) is 5.66. The highest BCUT2D eigenvalue weighted by Crippen LogP contribution is 2.25. The fourth-order valence-corrected chi connectivity index (χ4v) is 1.67. The molecule has 0 aliphatic carbocycles. The van der Waals surface area contributed by atoms with E-state index in [1.807, 2.05) is 0 Å². The monoisotopic (exact) mass is 261 g/mol. The average Bonchev–Trinajstić information content (AvgIpc) is 2.83. The zero-order chi connectivity index (χ0) is 13.8. The van der Waals surface area contributed by atoms with Gasteiger partial charge in [-0.25, -0.2) is 0 Å². The minimum Gasteiger partial charge on any atom is -0.497 e. The lowest BCUT2D eigenvalue weighted by Gasteiger charge is -2.09. The molecule has 1 aromatic heterocycles. The predicted octanol–water partition coefficient (Wildman–Crippen LogP) is 1.69. The van der Waals surface area contributed by atoms with Crippen LogP contribution in [-0.4, -0.2) is 29.9 Å². The molecule has 1 aromatic carbocycles. The molecular weight excluding hydrogens is 246 g/mol. The number of amides is 1. The molecule has 19 heavy (non-hydrogen) atoms. The average molecular weight is 261 g/mol. The number of ether oxygens (including phenoxy) is 2. The molecule has 0 radical (unpaired) electrons. The third-order valence-electron chi connectivity index (χ3n) is 2.62. The molecule has 0 saturated heterocycles. The second kappa shape index (κ2) is 5.43. The van der Waals surface area contributed by atoms with E-state index in [-0.39, 0.29) is 5.91 Å². The SMILES string of the molecule is COc1ccc(C(=O)Nc2cnn(C)c2)c(OC)c1. The maximum atomic E-state index is 12.1. The molecule has 1 heterocycles. The van der Waals surface area contributed by atoms with Crippen LogP contribution in [0.1, 0.15) is 10.4 Å². The summed E-state index contributed by atoms with van der Waals surface area (Å²) in [6, 6.07) is 5.03. The van der Waals surface area contributed by atoms with Gasteiger partial charge >= 0.3 is 0 Å². The Morgan fingerprint density at radius 3 is 2.68 bits per heavy atom. The number of hydrogen-bond acceptors (Lipinski definition) is 4. The van der Waals surface area contributed by atoms with Gasteiger partial charge in [-0.3, -0.25) is 9.48 Å². The standard InChI is InChI=1S/C13H15N3O3/c1-16-8-9(7-14-16)15-13(17)11-5-4-10(18-2)6-12(11)19-3/h4-8H,1-3H3,(H,15,17). The summed E-state index contributed by atoms with van der Waals surface area (Å²) in [4.78, 5) is 12.1. The second-order valence-electron chi connectivity index (χ2n) is 3.92. The lowest BCUT2D eigenvalue weighted by molar-refractivity contribution is 0.102. The van der Waals surface area contributed by atoms with Crippen molar-refractivity contribution in [1.82, 2.24) is 9.78 Å². The van der Waals surface area contributed by atoms with Crippen LogP contribution in [0.15, 0.2) is 30.6 Å². The Kier molecular flexibility index (Phi) is 3.70. The topological polar surface area (TPSA) is 65.4 Å². The summed E-state index contributed by atoms with van der Waals surface area (Å²) in [7, 11) is 4.85. The highest BCUT2D eigenvalue weighted by atomic mass is 16.5. The van der Waals surface area contributed by atoms with E-state index >= 15 is 0 Å². The number of carbonyl (C=O) groups excluding carboxylic acids is 1. The number of hydrogen-bond donors (Lipinski definition) is 1. The summed E-state index contributed by atoms with van der Waals surface area (Å²) in [5, 5.41) is 6.73.